The number of aryl methyl sites for hydroxylation is 2. The van der Waals surface area contributed by atoms with E-state index >= 15 is 0 Å². The first-order chi connectivity index (χ1) is 17.2. The molecule has 1 aromatic carbocycles. The summed E-state index contributed by atoms with van der Waals surface area (Å²) < 4.78 is 0. The lowest BCUT2D eigenvalue weighted by Crippen LogP contribution is -2.23. The fourth-order valence-corrected chi connectivity index (χ4v) is 4.65. The van der Waals surface area contributed by atoms with E-state index in [1.807, 2.05) is 32.0 Å². The zero-order chi connectivity index (χ0) is 26.1. The number of benzene rings is 1. The van der Waals surface area contributed by atoms with Crippen LogP contribution in [0.1, 0.15) is 55.0 Å². The number of nitrogens with zero attached hydrogens (tertiary/aromatic N) is 4. The predicted octanol–water partition coefficient (Wildman–Crippen LogP) is 6.37. The molecule has 3 aromatic rings. The summed E-state index contributed by atoms with van der Waals surface area (Å²) in [5.74, 6) is 2.48. The molecule has 0 aliphatic carbocycles. The SMILES string of the molecule is Cc1nc(NCCCN(C)CCCC(C)C)cc(Nc2nc(C(=O)Nc3c(C)cccc3Cl)cs2)n1. The summed E-state index contributed by atoms with van der Waals surface area (Å²) in [5, 5.41) is 12.2. The lowest BCUT2D eigenvalue weighted by Gasteiger charge is -2.17. The van der Waals surface area contributed by atoms with Gasteiger partial charge in [-0.1, -0.05) is 37.6 Å². The van der Waals surface area contributed by atoms with Gasteiger partial charge >= 0.3 is 0 Å². The van der Waals surface area contributed by atoms with Crippen molar-refractivity contribution in [3.8, 4) is 0 Å². The molecule has 3 N–H and O–H groups in total. The van der Waals surface area contributed by atoms with E-state index in [4.69, 9.17) is 11.6 Å². The Morgan fingerprint density at radius 2 is 1.86 bits per heavy atom. The van der Waals surface area contributed by atoms with Crippen LogP contribution in [0, 0.1) is 19.8 Å². The van der Waals surface area contributed by atoms with Crippen molar-refractivity contribution in [1.82, 2.24) is 19.9 Å². The second-order valence-electron chi connectivity index (χ2n) is 9.35. The number of amides is 1. The molecular formula is C26H36ClN7OS. The molecule has 2 heterocycles. The van der Waals surface area contributed by atoms with E-state index in [0.29, 0.717) is 33.2 Å². The summed E-state index contributed by atoms with van der Waals surface area (Å²) in [4.78, 5) is 28.4. The van der Waals surface area contributed by atoms with Crippen LogP contribution in [0.15, 0.2) is 29.6 Å². The van der Waals surface area contributed by atoms with Crippen LogP contribution in [0.4, 0.5) is 22.5 Å². The van der Waals surface area contributed by atoms with Crippen molar-refractivity contribution in [2.75, 3.05) is 42.6 Å². The summed E-state index contributed by atoms with van der Waals surface area (Å²) in [6.07, 6.45) is 3.53. The first kappa shape index (κ1) is 27.8. The monoisotopic (exact) mass is 529 g/mol. The number of hydrogen-bond donors (Lipinski definition) is 3. The molecule has 3 rings (SSSR count). The molecule has 0 radical (unpaired) electrons. The number of carbonyl (C=O) groups is 1. The van der Waals surface area contributed by atoms with Crippen LogP contribution in [-0.2, 0) is 0 Å². The Labute approximate surface area is 222 Å². The maximum Gasteiger partial charge on any atom is 0.275 e. The van der Waals surface area contributed by atoms with Gasteiger partial charge in [0.25, 0.3) is 5.91 Å². The van der Waals surface area contributed by atoms with Gasteiger partial charge in [-0.25, -0.2) is 15.0 Å². The second-order valence-corrected chi connectivity index (χ2v) is 10.6. The van der Waals surface area contributed by atoms with E-state index in [-0.39, 0.29) is 5.91 Å². The van der Waals surface area contributed by atoms with Gasteiger partial charge in [0.1, 0.15) is 23.2 Å². The number of rotatable bonds is 13. The minimum Gasteiger partial charge on any atom is -0.370 e. The number of thiazole rings is 1. The van der Waals surface area contributed by atoms with Gasteiger partial charge in [-0.05, 0) is 70.8 Å². The number of para-hydroxylation sites is 1. The van der Waals surface area contributed by atoms with E-state index < -0.39 is 0 Å². The standard InChI is InChI=1S/C26H36ClN7OS/c1-17(2)9-7-13-34(5)14-8-12-28-22-15-23(30-19(4)29-22)32-26-31-21(16-36-26)25(35)33-24-18(3)10-6-11-20(24)27/h6,10-11,15-17H,7-9,12-14H2,1-5H3,(H,33,35)(H2,28,29,30,31,32). The van der Waals surface area contributed by atoms with Crippen LogP contribution in [0.5, 0.6) is 0 Å². The smallest absolute Gasteiger partial charge is 0.275 e. The maximum atomic E-state index is 12.7. The van der Waals surface area contributed by atoms with Gasteiger partial charge in [0.05, 0.1) is 10.7 Å². The van der Waals surface area contributed by atoms with Crippen molar-refractivity contribution in [1.29, 1.82) is 0 Å². The van der Waals surface area contributed by atoms with Gasteiger partial charge in [0.2, 0.25) is 0 Å². The third-order valence-electron chi connectivity index (χ3n) is 5.61. The summed E-state index contributed by atoms with van der Waals surface area (Å²) in [7, 11) is 2.18. The average Bonchev–Trinajstić information content (AvgIpc) is 3.27. The van der Waals surface area contributed by atoms with Crippen LogP contribution in [0.2, 0.25) is 5.02 Å². The number of aromatic nitrogens is 3. The Morgan fingerprint density at radius 1 is 1.11 bits per heavy atom. The van der Waals surface area contributed by atoms with Crippen LogP contribution < -0.4 is 16.0 Å². The van der Waals surface area contributed by atoms with E-state index in [2.05, 4.69) is 56.7 Å². The largest absolute Gasteiger partial charge is 0.370 e. The summed E-state index contributed by atoms with van der Waals surface area (Å²) in [6, 6.07) is 7.34. The highest BCUT2D eigenvalue weighted by atomic mass is 35.5. The Bertz CT molecular complexity index is 1130. The van der Waals surface area contributed by atoms with Crippen molar-refractivity contribution in [3.05, 3.63) is 51.7 Å². The highest BCUT2D eigenvalue weighted by Crippen LogP contribution is 2.27. The Balaban J connectivity index is 1.52. The fourth-order valence-electron chi connectivity index (χ4n) is 3.68. The molecule has 0 unspecified atom stereocenters. The summed E-state index contributed by atoms with van der Waals surface area (Å²) in [5.41, 5.74) is 1.79. The number of carbonyl (C=O) groups excluding carboxylic acids is 1. The van der Waals surface area contributed by atoms with E-state index in [9.17, 15) is 4.79 Å². The number of halogens is 1. The van der Waals surface area contributed by atoms with Gasteiger partial charge in [-0.2, -0.15) is 0 Å². The van der Waals surface area contributed by atoms with Crippen molar-refractivity contribution in [2.45, 2.75) is 47.0 Å². The molecule has 0 bridgehead atoms. The highest BCUT2D eigenvalue weighted by Gasteiger charge is 2.15. The Hall–Kier alpha value is -2.75. The highest BCUT2D eigenvalue weighted by molar-refractivity contribution is 7.14. The first-order valence-electron chi connectivity index (χ1n) is 12.3. The van der Waals surface area contributed by atoms with Gasteiger partial charge in [-0.15, -0.1) is 11.3 Å². The van der Waals surface area contributed by atoms with Crippen LogP contribution in [0.3, 0.4) is 0 Å². The van der Waals surface area contributed by atoms with E-state index in [0.717, 1.165) is 43.4 Å². The van der Waals surface area contributed by atoms with Crippen molar-refractivity contribution < 1.29 is 4.79 Å². The molecule has 36 heavy (non-hydrogen) atoms. The Kier molecular flexibility index (Phi) is 10.5. The summed E-state index contributed by atoms with van der Waals surface area (Å²) >= 11 is 7.56. The molecule has 0 atom stereocenters. The zero-order valence-electron chi connectivity index (χ0n) is 21.7. The molecule has 8 nitrogen and oxygen atoms in total. The summed E-state index contributed by atoms with van der Waals surface area (Å²) in [6.45, 7) is 11.3. The molecule has 2 aromatic heterocycles. The van der Waals surface area contributed by atoms with Crippen molar-refractivity contribution >= 4 is 51.3 Å². The number of anilines is 4. The van der Waals surface area contributed by atoms with Crippen LogP contribution in [0.25, 0.3) is 0 Å². The molecule has 0 saturated carbocycles. The average molecular weight is 530 g/mol. The predicted molar refractivity (Wildman–Crippen MR) is 151 cm³/mol. The lowest BCUT2D eigenvalue weighted by atomic mass is 10.1. The number of hydrogen-bond acceptors (Lipinski definition) is 8. The van der Waals surface area contributed by atoms with Gasteiger partial charge in [0, 0.05) is 18.0 Å². The lowest BCUT2D eigenvalue weighted by molar-refractivity contribution is 0.102. The van der Waals surface area contributed by atoms with E-state index in [1.54, 1.807) is 11.4 Å². The Morgan fingerprint density at radius 3 is 2.61 bits per heavy atom. The molecule has 1 amide bonds. The normalized spacial score (nSPS) is 11.2. The zero-order valence-corrected chi connectivity index (χ0v) is 23.3. The molecule has 0 saturated heterocycles. The van der Waals surface area contributed by atoms with Crippen LogP contribution in [-0.4, -0.2) is 52.4 Å². The topological polar surface area (TPSA) is 95.1 Å². The van der Waals surface area contributed by atoms with Gasteiger partial charge < -0.3 is 20.9 Å². The van der Waals surface area contributed by atoms with Crippen molar-refractivity contribution in [2.24, 2.45) is 5.92 Å². The molecule has 194 valence electrons. The fraction of sp³-hybridized carbons (Fsp3) is 0.462. The third-order valence-corrected chi connectivity index (χ3v) is 6.69. The molecule has 0 aliphatic heterocycles. The second kappa shape index (κ2) is 13.5. The van der Waals surface area contributed by atoms with Gasteiger partial charge in [0.15, 0.2) is 5.13 Å². The quantitative estimate of drug-likeness (QED) is 0.221. The minimum absolute atomic E-state index is 0.309. The number of nitrogens with one attached hydrogen (secondary N) is 3. The van der Waals surface area contributed by atoms with E-state index in [1.165, 1.54) is 24.2 Å². The molecule has 0 fully saturated rings. The van der Waals surface area contributed by atoms with Gasteiger partial charge in [-0.3, -0.25) is 4.79 Å². The first-order valence-corrected chi connectivity index (χ1v) is 13.5. The third kappa shape index (κ3) is 8.72. The maximum absolute atomic E-state index is 12.7. The molecule has 0 spiro atoms. The molecule has 10 heteroatoms. The van der Waals surface area contributed by atoms with Crippen LogP contribution >= 0.6 is 22.9 Å². The minimum atomic E-state index is -0.314. The molecular weight excluding hydrogens is 494 g/mol. The van der Waals surface area contributed by atoms with Crippen molar-refractivity contribution in [3.63, 3.8) is 0 Å². The molecule has 0 aliphatic rings.